The van der Waals surface area contributed by atoms with Crippen molar-refractivity contribution in [2.24, 2.45) is 11.8 Å². The van der Waals surface area contributed by atoms with Crippen LogP contribution in [0.3, 0.4) is 0 Å². The summed E-state index contributed by atoms with van der Waals surface area (Å²) in [7, 11) is -9.88. The first-order valence-corrected chi connectivity index (χ1v) is 37.0. The van der Waals surface area contributed by atoms with Crippen LogP contribution in [0.15, 0.2) is 0 Å². The summed E-state index contributed by atoms with van der Waals surface area (Å²) in [5.74, 6) is -0.615. The molecule has 3 N–H and O–H groups in total. The molecule has 498 valence electrons. The molecule has 0 saturated heterocycles. The first-order valence-electron chi connectivity index (χ1n) is 34.0. The van der Waals surface area contributed by atoms with Gasteiger partial charge in [-0.15, -0.1) is 0 Å². The summed E-state index contributed by atoms with van der Waals surface area (Å²) in [4.78, 5) is 72.1. The van der Waals surface area contributed by atoms with Crippen molar-refractivity contribution in [1.29, 1.82) is 0 Å². The quantitative estimate of drug-likeness (QED) is 0.0222. The van der Waals surface area contributed by atoms with Gasteiger partial charge in [0.25, 0.3) is 0 Å². The summed E-state index contributed by atoms with van der Waals surface area (Å²) in [6, 6.07) is 0. The number of aliphatic hydroxyl groups excluding tert-OH is 1. The van der Waals surface area contributed by atoms with E-state index in [1.54, 1.807) is 0 Å². The molecule has 0 amide bonds. The molecule has 0 bridgehead atoms. The molecule has 17 nitrogen and oxygen atoms in total. The molecule has 0 aliphatic heterocycles. The number of phosphoric acid groups is 2. The second kappa shape index (κ2) is 57.5. The highest BCUT2D eigenvalue weighted by Gasteiger charge is 2.30. The van der Waals surface area contributed by atoms with Gasteiger partial charge >= 0.3 is 39.5 Å². The van der Waals surface area contributed by atoms with Crippen LogP contribution >= 0.6 is 15.6 Å². The highest BCUT2D eigenvalue weighted by Crippen LogP contribution is 2.45. The van der Waals surface area contributed by atoms with Crippen LogP contribution in [0.1, 0.15) is 324 Å². The van der Waals surface area contributed by atoms with Crippen LogP contribution in [-0.4, -0.2) is 96.7 Å². The van der Waals surface area contributed by atoms with E-state index in [-0.39, 0.29) is 25.7 Å². The number of esters is 4. The lowest BCUT2D eigenvalue weighted by molar-refractivity contribution is -0.161. The van der Waals surface area contributed by atoms with E-state index in [4.69, 9.17) is 37.0 Å². The van der Waals surface area contributed by atoms with Gasteiger partial charge in [-0.3, -0.25) is 37.3 Å². The first kappa shape index (κ1) is 82.1. The Balaban J connectivity index is 5.21. The monoisotopic (exact) mass is 1240 g/mol. The van der Waals surface area contributed by atoms with Crippen LogP contribution in [-0.2, 0) is 65.4 Å². The molecule has 0 aromatic rings. The molecule has 0 fully saturated rings. The second-order valence-corrected chi connectivity index (χ2v) is 27.4. The molecule has 0 aromatic heterocycles. The van der Waals surface area contributed by atoms with Gasteiger partial charge in [-0.2, -0.15) is 0 Å². The average molecular weight is 1240 g/mol. The zero-order valence-electron chi connectivity index (χ0n) is 54.2. The normalized spacial score (nSPS) is 14.3. The number of ether oxygens (including phenoxy) is 4. The minimum Gasteiger partial charge on any atom is -0.462 e. The SMILES string of the molecule is CCCCCCCCCCCCC(=O)O[C@H](COC(=O)CCCCCCCCC)COP(=O)(O)OC[C@H](O)COP(=O)(O)OC[C@@H](COC(=O)CCCCCCCCCCCC(C)C)OC(=O)CCCCCCCCCCCCCCC(C)C. The Bertz CT molecular complexity index is 1650. The smallest absolute Gasteiger partial charge is 0.462 e. The maximum absolute atomic E-state index is 13.0. The fraction of sp³-hybridized carbons (Fsp3) is 0.938. The summed E-state index contributed by atoms with van der Waals surface area (Å²) in [6.45, 7) is 9.45. The summed E-state index contributed by atoms with van der Waals surface area (Å²) in [5.41, 5.74) is 0. The third-order valence-corrected chi connectivity index (χ3v) is 16.9. The average Bonchev–Trinajstić information content (AvgIpc) is 3.59. The van der Waals surface area contributed by atoms with Crippen LogP contribution in [0.25, 0.3) is 0 Å². The number of carbonyl (C=O) groups excluding carboxylic acids is 4. The number of aliphatic hydroxyl groups is 1. The predicted octanol–water partition coefficient (Wildman–Crippen LogP) is 18.0. The van der Waals surface area contributed by atoms with E-state index in [0.717, 1.165) is 115 Å². The Morgan fingerprint density at radius 2 is 0.548 bits per heavy atom. The Morgan fingerprint density at radius 1 is 0.321 bits per heavy atom. The molecule has 0 aromatic carbocycles. The fourth-order valence-corrected chi connectivity index (χ4v) is 11.3. The van der Waals surface area contributed by atoms with E-state index in [9.17, 15) is 43.2 Å². The third-order valence-electron chi connectivity index (χ3n) is 15.0. The molecule has 19 heteroatoms. The van der Waals surface area contributed by atoms with Crippen molar-refractivity contribution in [2.45, 2.75) is 342 Å². The predicted molar refractivity (Wildman–Crippen MR) is 335 cm³/mol. The van der Waals surface area contributed by atoms with Crippen LogP contribution < -0.4 is 0 Å². The highest BCUT2D eigenvalue weighted by molar-refractivity contribution is 7.47. The van der Waals surface area contributed by atoms with Gasteiger partial charge in [-0.1, -0.05) is 273 Å². The summed E-state index contributed by atoms with van der Waals surface area (Å²) in [5, 5.41) is 10.5. The van der Waals surface area contributed by atoms with Gasteiger partial charge in [0.1, 0.15) is 19.3 Å². The minimum absolute atomic E-state index is 0.106. The van der Waals surface area contributed by atoms with Crippen molar-refractivity contribution < 1.29 is 80.2 Å². The standard InChI is InChI=1S/C65H126O17P2/c1-7-9-11-13-15-16-24-31-37-43-49-64(69)81-60(53-75-62(67)47-41-35-27-14-12-10-8-2)55-79-83(71,72)77-51-59(66)52-78-84(73,74)80-56-61(54-76-63(68)48-42-36-30-26-21-23-29-34-40-46-58(5)6)82-65(70)50-44-38-32-25-20-18-17-19-22-28-33-39-45-57(3)4/h57-61,66H,7-56H2,1-6H3,(H,71,72)(H,73,74)/t59-,60+,61+/m0/s1. The van der Waals surface area contributed by atoms with Gasteiger partial charge in [-0.25, -0.2) is 9.13 Å². The Morgan fingerprint density at radius 3 is 0.810 bits per heavy atom. The molecule has 0 heterocycles. The lowest BCUT2D eigenvalue weighted by Gasteiger charge is -2.21. The molecule has 0 radical (unpaired) electrons. The van der Waals surface area contributed by atoms with Crippen LogP contribution in [0, 0.1) is 11.8 Å². The topological polar surface area (TPSA) is 237 Å². The fourth-order valence-electron chi connectivity index (χ4n) is 9.71. The van der Waals surface area contributed by atoms with Gasteiger partial charge in [0.05, 0.1) is 26.4 Å². The van der Waals surface area contributed by atoms with Gasteiger partial charge in [0, 0.05) is 25.7 Å². The van der Waals surface area contributed by atoms with Crippen molar-refractivity contribution in [3.63, 3.8) is 0 Å². The van der Waals surface area contributed by atoms with Crippen molar-refractivity contribution >= 4 is 39.5 Å². The summed E-state index contributed by atoms with van der Waals surface area (Å²) >= 11 is 0. The summed E-state index contributed by atoms with van der Waals surface area (Å²) in [6.07, 6.45) is 40.4. The maximum atomic E-state index is 13.0. The third kappa shape index (κ3) is 59.0. The minimum atomic E-state index is -4.95. The van der Waals surface area contributed by atoms with E-state index in [0.29, 0.717) is 25.7 Å². The number of unbranched alkanes of at least 4 members (excludes halogenated alkanes) is 34. The van der Waals surface area contributed by atoms with Crippen molar-refractivity contribution in [1.82, 2.24) is 0 Å². The molecule has 0 aliphatic carbocycles. The molecular formula is C65H126O17P2. The molecular weight excluding hydrogens is 1110 g/mol. The lowest BCUT2D eigenvalue weighted by atomic mass is 10.0. The zero-order chi connectivity index (χ0) is 62.2. The van der Waals surface area contributed by atoms with E-state index in [1.807, 2.05) is 0 Å². The molecule has 0 aliphatic rings. The zero-order valence-corrected chi connectivity index (χ0v) is 56.0. The van der Waals surface area contributed by atoms with Crippen LogP contribution in [0.4, 0.5) is 0 Å². The van der Waals surface area contributed by atoms with Crippen molar-refractivity contribution in [3.05, 3.63) is 0 Å². The van der Waals surface area contributed by atoms with Crippen molar-refractivity contribution in [2.75, 3.05) is 39.6 Å². The molecule has 0 spiro atoms. The van der Waals surface area contributed by atoms with E-state index in [1.165, 1.54) is 128 Å². The first-order chi connectivity index (χ1) is 40.4. The number of phosphoric ester groups is 2. The summed E-state index contributed by atoms with van der Waals surface area (Å²) < 4.78 is 68.0. The molecule has 5 atom stereocenters. The number of rotatable bonds is 64. The van der Waals surface area contributed by atoms with Crippen molar-refractivity contribution in [3.8, 4) is 0 Å². The van der Waals surface area contributed by atoms with E-state index in [2.05, 4.69) is 41.5 Å². The molecule has 84 heavy (non-hydrogen) atoms. The van der Waals surface area contributed by atoms with Crippen LogP contribution in [0.5, 0.6) is 0 Å². The molecule has 2 unspecified atom stereocenters. The van der Waals surface area contributed by atoms with E-state index < -0.39 is 97.5 Å². The molecule has 0 saturated carbocycles. The van der Waals surface area contributed by atoms with Gasteiger partial charge < -0.3 is 33.8 Å². The van der Waals surface area contributed by atoms with E-state index >= 15 is 0 Å². The second-order valence-electron chi connectivity index (χ2n) is 24.5. The number of carbonyl (C=O) groups is 4. The van der Waals surface area contributed by atoms with Crippen LogP contribution in [0.2, 0.25) is 0 Å². The number of hydrogen-bond acceptors (Lipinski definition) is 15. The Labute approximate surface area is 511 Å². The largest absolute Gasteiger partial charge is 0.472 e. The number of hydrogen-bond donors (Lipinski definition) is 3. The Hall–Kier alpha value is -1.94. The molecule has 0 rings (SSSR count). The Kier molecular flexibility index (Phi) is 56.2. The lowest BCUT2D eigenvalue weighted by Crippen LogP contribution is -2.30. The maximum Gasteiger partial charge on any atom is 0.472 e. The van der Waals surface area contributed by atoms with Gasteiger partial charge in [0.15, 0.2) is 12.2 Å². The van der Waals surface area contributed by atoms with Gasteiger partial charge in [-0.05, 0) is 37.5 Å². The highest BCUT2D eigenvalue weighted by atomic mass is 31.2. The van der Waals surface area contributed by atoms with Gasteiger partial charge in [0.2, 0.25) is 0 Å².